The molecule has 0 aliphatic carbocycles. The third-order valence-corrected chi connectivity index (χ3v) is 17.7. The number of carbonyl (C=O) groups excluding carboxylic acids is 3. The fourth-order valence-electron chi connectivity index (χ4n) is 10.6. The summed E-state index contributed by atoms with van der Waals surface area (Å²) in [5.74, 6) is 0.402. The minimum absolute atomic E-state index is 0. The second-order valence-electron chi connectivity index (χ2n) is 21.6. The van der Waals surface area contributed by atoms with E-state index in [2.05, 4.69) is 49.1 Å². The fraction of sp³-hybridized carbons (Fsp3) is 0.125. The largest absolute Gasteiger partial charge is 0.478 e. The summed E-state index contributed by atoms with van der Waals surface area (Å²) in [5.41, 5.74) is 20.2. The second kappa shape index (κ2) is 31.0. The number of hydrogen-bond donors (Lipinski definition) is 6. The first-order chi connectivity index (χ1) is 45.9. The average Bonchev–Trinajstić information content (AvgIpc) is 1.62. The first-order valence-corrected chi connectivity index (χ1v) is 31.7. The summed E-state index contributed by atoms with van der Waals surface area (Å²) in [4.78, 5) is 76.3. The van der Waals surface area contributed by atoms with E-state index in [9.17, 15) is 19.2 Å². The summed E-state index contributed by atoms with van der Waals surface area (Å²) in [6.07, 6.45) is 13.7. The normalized spacial score (nSPS) is 10.9. The number of Topliss-reactive ketones (excluding diaryl/α,β-unsaturated/α-hetero) is 1. The SMILES string of the molecule is C.CC(=O)c1ccc(CCn2c(-c3c[nH]c4ncccc34)nc3cc(Cl)c(Cl)cc32)cc1.COC(=O)c1ccc(CCNc2cc(Cl)c(Cl)cc2N)cc1.O=C(O)c1ccc(CCn2c(-c3c[nH]c4ncccc34)nc3cc(Cl)c(Cl)cc32)cc1.O=Cc1c[nH]c2ncccc12. The zero-order valence-electron chi connectivity index (χ0n) is 50.6. The van der Waals surface area contributed by atoms with Gasteiger partial charge in [0.15, 0.2) is 12.1 Å². The van der Waals surface area contributed by atoms with Gasteiger partial charge in [-0.2, -0.15) is 0 Å². The Morgan fingerprint density at radius 2 is 0.969 bits per heavy atom. The Bertz CT molecular complexity index is 4920. The quantitative estimate of drug-likeness (QED) is 0.0228. The number of pyridine rings is 3. The molecule has 6 aromatic carbocycles. The molecule has 0 atom stereocenters. The number of ketones is 1. The molecule has 0 fully saturated rings. The van der Waals surface area contributed by atoms with Crippen LogP contribution in [0.3, 0.4) is 0 Å². The van der Waals surface area contributed by atoms with Crippen LogP contribution in [-0.4, -0.2) is 91.8 Å². The Kier molecular flexibility index (Phi) is 22.2. The van der Waals surface area contributed by atoms with E-state index in [1.165, 1.54) is 7.11 Å². The van der Waals surface area contributed by atoms with Gasteiger partial charge in [0.05, 0.1) is 81.8 Å². The number of nitrogens with one attached hydrogen (secondary N) is 4. The predicted octanol–water partition coefficient (Wildman–Crippen LogP) is 18.2. The lowest BCUT2D eigenvalue weighted by Crippen LogP contribution is -2.07. The highest BCUT2D eigenvalue weighted by Gasteiger charge is 2.21. The zero-order chi connectivity index (χ0) is 66.9. The summed E-state index contributed by atoms with van der Waals surface area (Å²) >= 11 is 37.0. The van der Waals surface area contributed by atoms with Gasteiger partial charge in [-0.25, -0.2) is 34.5 Å². The maximum absolute atomic E-state index is 11.5. The summed E-state index contributed by atoms with van der Waals surface area (Å²) < 4.78 is 8.93. The number of nitrogen functional groups attached to an aromatic ring is 1. The molecule has 0 aliphatic heterocycles. The van der Waals surface area contributed by atoms with E-state index in [1.54, 1.807) is 80.2 Å². The van der Waals surface area contributed by atoms with Crippen LogP contribution in [0.4, 0.5) is 11.4 Å². The van der Waals surface area contributed by atoms with E-state index in [-0.39, 0.29) is 24.7 Å². The smallest absolute Gasteiger partial charge is 0.337 e. The maximum Gasteiger partial charge on any atom is 0.337 e. The number of aldehydes is 1. The number of imidazole rings is 2. The molecule has 0 aliphatic rings. The molecule has 0 spiro atoms. The molecule has 8 heterocycles. The fourth-order valence-corrected chi connectivity index (χ4v) is 11.6. The molecule has 24 heteroatoms. The molecule has 0 saturated heterocycles. The summed E-state index contributed by atoms with van der Waals surface area (Å²) in [6, 6.07) is 44.0. The molecule has 96 heavy (non-hydrogen) atoms. The van der Waals surface area contributed by atoms with Crippen LogP contribution < -0.4 is 11.1 Å². The molecule has 14 aromatic rings. The van der Waals surface area contributed by atoms with E-state index >= 15 is 0 Å². The standard InChI is InChI=1S/C24H18Cl2N4O.C23H16Cl2N4O2.C16H16Cl2N2O2.C8H6N2O.CH4/c1-14(31)16-6-4-15(5-7-16)8-10-30-22-12-20(26)19(25)11-21(22)29-24(30)18-13-28-23-17(18)3-2-9-27-23;24-17-10-19-20(11-18(17)25)29(9-7-13-3-5-14(6-4-13)23(30)31)22(28-19)16-12-27-21-15(16)2-1-8-26-21;1-22-16(21)11-4-2-10(3-5-11)6-7-20-15-9-13(18)12(17)8-14(15)19;11-5-6-4-10-8-7(6)2-1-3-9-8;/h2-7,9,11-13H,8,10H2,1H3,(H,27,28);1-6,8,10-12H,7,9H2,(H,26,27)(H,30,31);2-5,8-9,20H,6-7,19H2,1H3;1-5H,(H,9,10);1H4. The average molecular weight is 1400 g/mol. The Morgan fingerprint density at radius 1 is 0.552 bits per heavy atom. The van der Waals surface area contributed by atoms with Gasteiger partial charge in [0.1, 0.15) is 28.6 Å². The minimum atomic E-state index is -0.936. The molecule has 18 nitrogen and oxygen atoms in total. The molecule has 0 bridgehead atoms. The molecular formula is C72H60Cl6N12O6. The molecule has 0 saturated carbocycles. The van der Waals surface area contributed by atoms with Gasteiger partial charge in [-0.3, -0.25) is 9.59 Å². The molecule has 14 rings (SSSR count). The Hall–Kier alpha value is -10.1. The predicted molar refractivity (Wildman–Crippen MR) is 386 cm³/mol. The molecule has 486 valence electrons. The number of halogens is 6. The van der Waals surface area contributed by atoms with Gasteiger partial charge in [-0.15, -0.1) is 0 Å². The Morgan fingerprint density at radius 3 is 1.44 bits per heavy atom. The lowest BCUT2D eigenvalue weighted by atomic mass is 10.1. The van der Waals surface area contributed by atoms with Crippen LogP contribution in [0, 0.1) is 0 Å². The van der Waals surface area contributed by atoms with Crippen molar-refractivity contribution in [1.82, 2.24) is 49.0 Å². The lowest BCUT2D eigenvalue weighted by Gasteiger charge is -2.11. The van der Waals surface area contributed by atoms with Crippen molar-refractivity contribution < 1.29 is 29.0 Å². The van der Waals surface area contributed by atoms with Gasteiger partial charge in [0.25, 0.3) is 0 Å². The number of nitrogens with zero attached hydrogens (tertiary/aromatic N) is 7. The Labute approximate surface area is 580 Å². The molecule has 0 unspecified atom stereocenters. The van der Waals surface area contributed by atoms with Gasteiger partial charge in [0, 0.05) is 95.2 Å². The van der Waals surface area contributed by atoms with E-state index < -0.39 is 5.97 Å². The van der Waals surface area contributed by atoms with Crippen LogP contribution in [0.5, 0.6) is 0 Å². The molecule has 7 N–H and O–H groups in total. The highest BCUT2D eigenvalue weighted by molar-refractivity contribution is 6.44. The number of H-pyrrole nitrogens is 3. The zero-order valence-corrected chi connectivity index (χ0v) is 55.1. The number of aromatic carboxylic acids is 1. The van der Waals surface area contributed by atoms with Crippen LogP contribution in [0.1, 0.15) is 72.5 Å². The van der Waals surface area contributed by atoms with Crippen molar-refractivity contribution in [2.75, 3.05) is 24.7 Å². The number of aromatic amines is 3. The highest BCUT2D eigenvalue weighted by Crippen LogP contribution is 2.37. The van der Waals surface area contributed by atoms with Crippen LogP contribution in [0.15, 0.2) is 183 Å². The third-order valence-electron chi connectivity index (χ3n) is 15.6. The first-order valence-electron chi connectivity index (χ1n) is 29.5. The number of nitrogens with two attached hydrogens (primary N) is 1. The van der Waals surface area contributed by atoms with Crippen molar-refractivity contribution in [3.05, 3.63) is 252 Å². The van der Waals surface area contributed by atoms with Gasteiger partial charge in [-0.05, 0) is 140 Å². The summed E-state index contributed by atoms with van der Waals surface area (Å²) in [7, 11) is 1.36. The van der Waals surface area contributed by atoms with Crippen molar-refractivity contribution in [2.24, 2.45) is 0 Å². The maximum atomic E-state index is 11.5. The Balaban J connectivity index is 0.000000146. The summed E-state index contributed by atoms with van der Waals surface area (Å²) in [5, 5.41) is 18.0. The molecule has 0 radical (unpaired) electrons. The number of benzene rings is 6. The van der Waals surface area contributed by atoms with Crippen molar-refractivity contribution in [3.8, 4) is 22.8 Å². The van der Waals surface area contributed by atoms with Gasteiger partial charge < -0.3 is 45.0 Å². The minimum Gasteiger partial charge on any atom is -0.478 e. The van der Waals surface area contributed by atoms with Crippen molar-refractivity contribution in [3.63, 3.8) is 0 Å². The molecule has 8 aromatic heterocycles. The van der Waals surface area contributed by atoms with Crippen LogP contribution >= 0.6 is 69.6 Å². The van der Waals surface area contributed by atoms with Gasteiger partial charge in [0.2, 0.25) is 0 Å². The van der Waals surface area contributed by atoms with Crippen LogP contribution in [-0.2, 0) is 37.1 Å². The van der Waals surface area contributed by atoms with Crippen LogP contribution in [0.2, 0.25) is 30.1 Å². The molecule has 0 amide bonds. The number of methoxy groups -OCH3 is 1. The number of aryl methyl sites for hydroxylation is 4. The van der Waals surface area contributed by atoms with E-state index in [1.807, 2.05) is 109 Å². The van der Waals surface area contributed by atoms with Crippen molar-refractivity contribution in [2.45, 2.75) is 46.7 Å². The number of rotatable bonds is 16. The van der Waals surface area contributed by atoms with Crippen molar-refractivity contribution in [1.29, 1.82) is 0 Å². The van der Waals surface area contributed by atoms with E-state index in [0.29, 0.717) is 78.6 Å². The topological polar surface area (TPSA) is 257 Å². The number of anilines is 2. The van der Waals surface area contributed by atoms with E-state index in [4.69, 9.17) is 90.4 Å². The molecular weight excluding hydrogens is 1340 g/mol. The van der Waals surface area contributed by atoms with Gasteiger partial charge in [-0.1, -0.05) is 126 Å². The number of esters is 1. The number of ether oxygens (including phenoxy) is 1. The van der Waals surface area contributed by atoms with Gasteiger partial charge >= 0.3 is 11.9 Å². The lowest BCUT2D eigenvalue weighted by molar-refractivity contribution is 0.0599. The van der Waals surface area contributed by atoms with E-state index in [0.717, 1.165) is 119 Å². The summed E-state index contributed by atoms with van der Waals surface area (Å²) in [6.45, 7) is 3.57. The highest BCUT2D eigenvalue weighted by atomic mass is 35.5. The van der Waals surface area contributed by atoms with Crippen molar-refractivity contribution >= 4 is 160 Å². The first kappa shape index (κ1) is 68.8. The number of carboxylic acids is 1. The number of fused-ring (bicyclic) bond motifs is 5. The number of carboxylic acid groups (broad SMARTS) is 1. The number of aromatic nitrogens is 10. The number of carbonyl (C=O) groups is 4. The monoisotopic (exact) mass is 1400 g/mol. The third kappa shape index (κ3) is 15.7. The second-order valence-corrected chi connectivity index (χ2v) is 24.1. The van der Waals surface area contributed by atoms with Crippen LogP contribution in [0.25, 0.3) is 77.9 Å². The number of hydrogen-bond acceptors (Lipinski definition) is 12.